The first-order valence-electron chi connectivity index (χ1n) is 5.09. The maximum absolute atomic E-state index is 12.6. The van der Waals surface area contributed by atoms with Crippen molar-refractivity contribution in [1.82, 2.24) is 9.97 Å². The fourth-order valence-electron chi connectivity index (χ4n) is 1.96. The van der Waals surface area contributed by atoms with Crippen LogP contribution in [-0.4, -0.2) is 21.9 Å². The van der Waals surface area contributed by atoms with Crippen molar-refractivity contribution in [2.24, 2.45) is 5.92 Å². The van der Waals surface area contributed by atoms with Gasteiger partial charge < -0.3 is 5.32 Å². The highest BCUT2D eigenvalue weighted by Crippen LogP contribution is 2.28. The third kappa shape index (κ3) is 2.56. The van der Waals surface area contributed by atoms with Gasteiger partial charge in [-0.3, -0.25) is 0 Å². The summed E-state index contributed by atoms with van der Waals surface area (Å²) in [4.78, 5) is 7.74. The molecule has 0 aliphatic heterocycles. The fourth-order valence-corrected chi connectivity index (χ4v) is 2.33. The van der Waals surface area contributed by atoms with Crippen molar-refractivity contribution in [1.29, 1.82) is 0 Å². The molecular formula is C10H13ClFN3. The van der Waals surface area contributed by atoms with E-state index in [1.165, 1.54) is 18.8 Å². The van der Waals surface area contributed by atoms with E-state index in [-0.39, 0.29) is 0 Å². The molecule has 0 spiro atoms. The topological polar surface area (TPSA) is 37.8 Å². The van der Waals surface area contributed by atoms with Crippen LogP contribution >= 0.6 is 11.6 Å². The maximum atomic E-state index is 12.6. The molecule has 1 saturated carbocycles. The number of aromatic nitrogens is 2. The zero-order valence-corrected chi connectivity index (χ0v) is 9.04. The summed E-state index contributed by atoms with van der Waals surface area (Å²) in [7, 11) is 0. The summed E-state index contributed by atoms with van der Waals surface area (Å²) >= 11 is 5.85. The second kappa shape index (κ2) is 4.75. The first-order chi connectivity index (χ1) is 7.29. The molecule has 0 bridgehead atoms. The molecule has 2 unspecified atom stereocenters. The summed E-state index contributed by atoms with van der Waals surface area (Å²) in [6.45, 7) is 0. The molecule has 3 nitrogen and oxygen atoms in total. The molecule has 1 aromatic rings. The largest absolute Gasteiger partial charge is 0.351 e. The molecule has 15 heavy (non-hydrogen) atoms. The van der Waals surface area contributed by atoms with E-state index in [2.05, 4.69) is 15.3 Å². The Hall–Kier alpha value is -0.900. The SMILES string of the molecule is Fc1cnc(NC2CCCC2CCl)nc1. The molecule has 1 N–H and O–H groups in total. The first kappa shape index (κ1) is 10.6. The molecule has 82 valence electrons. The molecule has 0 amide bonds. The minimum Gasteiger partial charge on any atom is -0.351 e. The highest BCUT2D eigenvalue weighted by molar-refractivity contribution is 6.18. The molecule has 2 atom stereocenters. The van der Waals surface area contributed by atoms with Gasteiger partial charge in [-0.25, -0.2) is 14.4 Å². The average Bonchev–Trinajstić information content (AvgIpc) is 2.69. The van der Waals surface area contributed by atoms with Crippen LogP contribution in [-0.2, 0) is 0 Å². The minimum absolute atomic E-state index is 0.327. The van der Waals surface area contributed by atoms with Gasteiger partial charge in [0.1, 0.15) is 0 Å². The van der Waals surface area contributed by atoms with Crippen LogP contribution in [0.5, 0.6) is 0 Å². The number of rotatable bonds is 3. The van der Waals surface area contributed by atoms with Gasteiger partial charge in [0.15, 0.2) is 5.82 Å². The molecule has 0 aromatic carbocycles. The van der Waals surface area contributed by atoms with Crippen molar-refractivity contribution in [3.05, 3.63) is 18.2 Å². The first-order valence-corrected chi connectivity index (χ1v) is 5.63. The van der Waals surface area contributed by atoms with E-state index in [9.17, 15) is 4.39 Å². The van der Waals surface area contributed by atoms with E-state index < -0.39 is 5.82 Å². The Morgan fingerprint density at radius 1 is 1.40 bits per heavy atom. The Labute approximate surface area is 93.1 Å². The Bertz CT molecular complexity index is 317. The summed E-state index contributed by atoms with van der Waals surface area (Å²) in [5, 5.41) is 3.20. The van der Waals surface area contributed by atoms with Gasteiger partial charge in [0.2, 0.25) is 5.95 Å². The van der Waals surface area contributed by atoms with E-state index in [1.807, 2.05) is 0 Å². The van der Waals surface area contributed by atoms with Gasteiger partial charge in [-0.2, -0.15) is 0 Å². The van der Waals surface area contributed by atoms with Crippen LogP contribution in [0.1, 0.15) is 19.3 Å². The quantitative estimate of drug-likeness (QED) is 0.809. The lowest BCUT2D eigenvalue weighted by Gasteiger charge is -2.18. The van der Waals surface area contributed by atoms with Crippen molar-refractivity contribution in [2.75, 3.05) is 11.2 Å². The minimum atomic E-state index is -0.416. The normalized spacial score (nSPS) is 25.5. The van der Waals surface area contributed by atoms with Gasteiger partial charge in [0.05, 0.1) is 12.4 Å². The van der Waals surface area contributed by atoms with Gasteiger partial charge >= 0.3 is 0 Å². The predicted molar refractivity (Wildman–Crippen MR) is 57.5 cm³/mol. The van der Waals surface area contributed by atoms with E-state index in [0.29, 0.717) is 23.8 Å². The third-order valence-electron chi connectivity index (χ3n) is 2.79. The Balaban J connectivity index is 1.99. The molecule has 1 fully saturated rings. The van der Waals surface area contributed by atoms with Crippen LogP contribution in [0.3, 0.4) is 0 Å². The lowest BCUT2D eigenvalue weighted by molar-refractivity contribution is 0.557. The van der Waals surface area contributed by atoms with Gasteiger partial charge in [0.25, 0.3) is 0 Å². The van der Waals surface area contributed by atoms with E-state index in [0.717, 1.165) is 12.8 Å². The number of halogens is 2. The van der Waals surface area contributed by atoms with Crippen LogP contribution < -0.4 is 5.32 Å². The summed E-state index contributed by atoms with van der Waals surface area (Å²) in [6, 6.07) is 0.327. The predicted octanol–water partition coefficient (Wildman–Crippen LogP) is 2.44. The third-order valence-corrected chi connectivity index (χ3v) is 3.19. The summed E-state index contributed by atoms with van der Waals surface area (Å²) in [5.74, 6) is 1.19. The lowest BCUT2D eigenvalue weighted by atomic mass is 10.1. The molecular weight excluding hydrogens is 217 g/mol. The summed E-state index contributed by atoms with van der Waals surface area (Å²) < 4.78 is 12.6. The Morgan fingerprint density at radius 3 is 2.80 bits per heavy atom. The number of nitrogens with zero attached hydrogens (tertiary/aromatic N) is 2. The van der Waals surface area contributed by atoms with E-state index in [4.69, 9.17) is 11.6 Å². The second-order valence-corrected chi connectivity index (χ2v) is 4.13. The molecule has 0 radical (unpaired) electrons. The zero-order chi connectivity index (χ0) is 10.7. The zero-order valence-electron chi connectivity index (χ0n) is 8.29. The van der Waals surface area contributed by atoms with Crippen molar-refractivity contribution in [3.63, 3.8) is 0 Å². The smallest absolute Gasteiger partial charge is 0.223 e. The Morgan fingerprint density at radius 2 is 2.13 bits per heavy atom. The molecule has 2 rings (SSSR count). The molecule has 0 saturated heterocycles. The number of hydrogen-bond donors (Lipinski definition) is 1. The molecule has 1 aliphatic rings. The molecule has 5 heteroatoms. The van der Waals surface area contributed by atoms with Crippen LogP contribution in [0.4, 0.5) is 10.3 Å². The van der Waals surface area contributed by atoms with Gasteiger partial charge in [-0.15, -0.1) is 11.6 Å². The summed E-state index contributed by atoms with van der Waals surface area (Å²) in [6.07, 6.45) is 5.73. The van der Waals surface area contributed by atoms with Crippen LogP contribution in [0.2, 0.25) is 0 Å². The highest BCUT2D eigenvalue weighted by Gasteiger charge is 2.26. The fraction of sp³-hybridized carbons (Fsp3) is 0.600. The molecule has 1 heterocycles. The van der Waals surface area contributed by atoms with Crippen molar-refractivity contribution in [2.45, 2.75) is 25.3 Å². The monoisotopic (exact) mass is 229 g/mol. The van der Waals surface area contributed by atoms with Crippen LogP contribution in [0, 0.1) is 11.7 Å². The number of anilines is 1. The van der Waals surface area contributed by atoms with Crippen molar-refractivity contribution in [3.8, 4) is 0 Å². The van der Waals surface area contributed by atoms with Crippen LogP contribution in [0.15, 0.2) is 12.4 Å². The van der Waals surface area contributed by atoms with Gasteiger partial charge in [-0.05, 0) is 18.8 Å². The van der Waals surface area contributed by atoms with Gasteiger partial charge in [-0.1, -0.05) is 6.42 Å². The van der Waals surface area contributed by atoms with Gasteiger partial charge in [0, 0.05) is 11.9 Å². The molecule has 1 aliphatic carbocycles. The number of hydrogen-bond acceptors (Lipinski definition) is 3. The van der Waals surface area contributed by atoms with Crippen LogP contribution in [0.25, 0.3) is 0 Å². The number of alkyl halides is 1. The Kier molecular flexibility index (Phi) is 3.36. The highest BCUT2D eigenvalue weighted by atomic mass is 35.5. The molecule has 1 aromatic heterocycles. The maximum Gasteiger partial charge on any atom is 0.223 e. The number of nitrogens with one attached hydrogen (secondary N) is 1. The van der Waals surface area contributed by atoms with Crippen molar-refractivity contribution >= 4 is 17.5 Å². The standard InChI is InChI=1S/C10H13ClFN3/c11-4-7-2-1-3-9(7)15-10-13-5-8(12)6-14-10/h5-7,9H,1-4H2,(H,13,14,15). The second-order valence-electron chi connectivity index (χ2n) is 3.82. The lowest BCUT2D eigenvalue weighted by Crippen LogP contribution is -2.26. The van der Waals surface area contributed by atoms with Crippen molar-refractivity contribution < 1.29 is 4.39 Å². The van der Waals surface area contributed by atoms with E-state index >= 15 is 0 Å². The van der Waals surface area contributed by atoms with E-state index in [1.54, 1.807) is 0 Å². The average molecular weight is 230 g/mol. The summed E-state index contributed by atoms with van der Waals surface area (Å²) in [5.41, 5.74) is 0.